The van der Waals surface area contributed by atoms with E-state index in [1.165, 1.54) is 18.7 Å². The van der Waals surface area contributed by atoms with Crippen molar-refractivity contribution in [2.24, 2.45) is 0 Å². The molecule has 1 N–H and O–H groups in total. The number of nitrogens with zero attached hydrogens (tertiary/aromatic N) is 3. The van der Waals surface area contributed by atoms with Crippen LogP contribution in [-0.4, -0.2) is 32.2 Å². The minimum absolute atomic E-state index is 0.0119. The van der Waals surface area contributed by atoms with Gasteiger partial charge in [-0.1, -0.05) is 35.5 Å². The number of benzene rings is 2. The molecule has 160 valence electrons. The number of carbonyl (C=O) groups is 2. The van der Waals surface area contributed by atoms with Crippen LogP contribution in [0.1, 0.15) is 42.0 Å². The van der Waals surface area contributed by atoms with E-state index in [0.717, 1.165) is 12.8 Å². The van der Waals surface area contributed by atoms with E-state index in [2.05, 4.69) is 20.1 Å². The van der Waals surface area contributed by atoms with Crippen LogP contribution >= 0.6 is 23.4 Å². The van der Waals surface area contributed by atoms with Crippen LogP contribution in [0.4, 0.5) is 5.69 Å². The minimum atomic E-state index is -0.153. The molecular formula is C22H21ClN4O3S. The number of thioether (sulfide) groups is 1. The number of Topliss-reactive ketones (excluding diaryl/α,β-unsaturated/α-hetero) is 1. The molecular weight excluding hydrogens is 436 g/mol. The molecule has 1 aromatic heterocycles. The maximum absolute atomic E-state index is 12.4. The normalized spacial score (nSPS) is 13.1. The lowest BCUT2D eigenvalue weighted by Crippen LogP contribution is -2.15. The molecule has 1 aliphatic rings. The van der Waals surface area contributed by atoms with Crippen molar-refractivity contribution in [3.63, 3.8) is 0 Å². The summed E-state index contributed by atoms with van der Waals surface area (Å²) in [6.07, 6.45) is 2.11. The van der Waals surface area contributed by atoms with E-state index in [0.29, 0.717) is 39.0 Å². The van der Waals surface area contributed by atoms with E-state index in [9.17, 15) is 9.59 Å². The standard InChI is InChI=1S/C22H21ClN4O3S/c1-14(28)15-6-8-16(9-7-15)24-21(29)13-31-22-26-25-20(27(22)17-10-11-17)12-30-19-5-3-2-4-18(19)23/h2-9,17H,10-13H2,1H3,(H,24,29). The van der Waals surface area contributed by atoms with Gasteiger partial charge in [-0.2, -0.15) is 0 Å². The van der Waals surface area contributed by atoms with Gasteiger partial charge >= 0.3 is 0 Å². The topological polar surface area (TPSA) is 86.1 Å². The summed E-state index contributed by atoms with van der Waals surface area (Å²) in [5.74, 6) is 1.34. The molecule has 0 spiro atoms. The van der Waals surface area contributed by atoms with Crippen LogP contribution in [0.15, 0.2) is 53.7 Å². The molecule has 1 heterocycles. The summed E-state index contributed by atoms with van der Waals surface area (Å²) >= 11 is 7.49. The van der Waals surface area contributed by atoms with E-state index in [4.69, 9.17) is 16.3 Å². The largest absolute Gasteiger partial charge is 0.484 e. The van der Waals surface area contributed by atoms with Crippen molar-refractivity contribution in [3.8, 4) is 5.75 Å². The van der Waals surface area contributed by atoms with Gasteiger partial charge in [0.1, 0.15) is 12.4 Å². The number of para-hydroxylation sites is 1. The highest BCUT2D eigenvalue weighted by atomic mass is 35.5. The molecule has 9 heteroatoms. The second-order valence-electron chi connectivity index (χ2n) is 7.19. The first kappa shape index (κ1) is 21.4. The first-order chi connectivity index (χ1) is 15.0. The molecule has 1 amide bonds. The van der Waals surface area contributed by atoms with Crippen molar-refractivity contribution in [1.29, 1.82) is 0 Å². The average molecular weight is 457 g/mol. The highest BCUT2D eigenvalue weighted by Crippen LogP contribution is 2.39. The highest BCUT2D eigenvalue weighted by Gasteiger charge is 2.30. The summed E-state index contributed by atoms with van der Waals surface area (Å²) in [4.78, 5) is 23.7. The summed E-state index contributed by atoms with van der Waals surface area (Å²) < 4.78 is 7.87. The fourth-order valence-electron chi connectivity index (χ4n) is 3.02. The maximum Gasteiger partial charge on any atom is 0.234 e. The molecule has 0 atom stereocenters. The van der Waals surface area contributed by atoms with Gasteiger partial charge < -0.3 is 10.1 Å². The molecule has 4 rings (SSSR count). The zero-order valence-electron chi connectivity index (χ0n) is 16.9. The highest BCUT2D eigenvalue weighted by molar-refractivity contribution is 7.99. The molecule has 2 aromatic carbocycles. The number of ether oxygens (including phenoxy) is 1. The number of carbonyl (C=O) groups excluding carboxylic acids is 2. The second kappa shape index (κ2) is 9.53. The summed E-state index contributed by atoms with van der Waals surface area (Å²) in [5.41, 5.74) is 1.25. The number of halogens is 1. The third kappa shape index (κ3) is 5.45. The first-order valence-electron chi connectivity index (χ1n) is 9.86. The number of anilines is 1. The van der Waals surface area contributed by atoms with Gasteiger partial charge in [-0.05, 0) is 56.2 Å². The number of nitrogens with one attached hydrogen (secondary N) is 1. The Morgan fingerprint density at radius 1 is 1.16 bits per heavy atom. The smallest absolute Gasteiger partial charge is 0.234 e. The van der Waals surface area contributed by atoms with Crippen molar-refractivity contribution < 1.29 is 14.3 Å². The van der Waals surface area contributed by atoms with E-state index in [1.807, 2.05) is 18.2 Å². The van der Waals surface area contributed by atoms with Gasteiger partial charge in [0, 0.05) is 17.3 Å². The zero-order valence-corrected chi connectivity index (χ0v) is 18.4. The van der Waals surface area contributed by atoms with Crippen molar-refractivity contribution in [3.05, 3.63) is 64.9 Å². The number of hydrogen-bond acceptors (Lipinski definition) is 6. The van der Waals surface area contributed by atoms with Crippen molar-refractivity contribution >= 4 is 40.7 Å². The van der Waals surface area contributed by atoms with Gasteiger partial charge in [-0.15, -0.1) is 10.2 Å². The van der Waals surface area contributed by atoms with Gasteiger partial charge in [0.2, 0.25) is 5.91 Å². The van der Waals surface area contributed by atoms with Gasteiger partial charge in [-0.3, -0.25) is 14.2 Å². The van der Waals surface area contributed by atoms with Crippen LogP contribution in [0.5, 0.6) is 5.75 Å². The van der Waals surface area contributed by atoms with Crippen molar-refractivity contribution in [2.45, 2.75) is 37.6 Å². The molecule has 0 radical (unpaired) electrons. The molecule has 7 nitrogen and oxygen atoms in total. The predicted molar refractivity (Wildman–Crippen MR) is 120 cm³/mol. The van der Waals surface area contributed by atoms with Crippen LogP contribution < -0.4 is 10.1 Å². The van der Waals surface area contributed by atoms with Crippen LogP contribution in [0.2, 0.25) is 5.02 Å². The molecule has 31 heavy (non-hydrogen) atoms. The van der Waals surface area contributed by atoms with Crippen LogP contribution in [0.25, 0.3) is 0 Å². The van der Waals surface area contributed by atoms with Crippen molar-refractivity contribution in [1.82, 2.24) is 14.8 Å². The fourth-order valence-corrected chi connectivity index (χ4v) is 4.04. The molecule has 1 saturated carbocycles. The van der Waals surface area contributed by atoms with Gasteiger partial charge in [0.05, 0.1) is 10.8 Å². The third-order valence-electron chi connectivity index (χ3n) is 4.75. The average Bonchev–Trinajstić information content (AvgIpc) is 3.52. The van der Waals surface area contributed by atoms with Crippen LogP contribution in [-0.2, 0) is 11.4 Å². The SMILES string of the molecule is CC(=O)c1ccc(NC(=O)CSc2nnc(COc3ccccc3Cl)n2C2CC2)cc1. The number of rotatable bonds is 9. The number of amides is 1. The number of aromatic nitrogens is 3. The van der Waals surface area contributed by atoms with Crippen LogP contribution in [0, 0.1) is 0 Å². The summed E-state index contributed by atoms with van der Waals surface area (Å²) in [6, 6.07) is 14.5. The molecule has 0 bridgehead atoms. The Labute approximate surface area is 189 Å². The van der Waals surface area contributed by atoms with Gasteiger partial charge in [0.15, 0.2) is 16.8 Å². The Morgan fingerprint density at radius 3 is 2.58 bits per heavy atom. The van der Waals surface area contributed by atoms with E-state index >= 15 is 0 Å². The third-order valence-corrected chi connectivity index (χ3v) is 6.00. The predicted octanol–water partition coefficient (Wildman–Crippen LogP) is 4.78. The molecule has 3 aromatic rings. The minimum Gasteiger partial charge on any atom is -0.484 e. The Kier molecular flexibility index (Phi) is 6.58. The zero-order chi connectivity index (χ0) is 21.8. The second-order valence-corrected chi connectivity index (χ2v) is 8.54. The Morgan fingerprint density at radius 2 is 1.90 bits per heavy atom. The number of hydrogen-bond donors (Lipinski definition) is 1. The van der Waals surface area contributed by atoms with Crippen molar-refractivity contribution in [2.75, 3.05) is 11.1 Å². The first-order valence-corrected chi connectivity index (χ1v) is 11.2. The molecule has 0 saturated heterocycles. The summed E-state index contributed by atoms with van der Waals surface area (Å²) in [5, 5.41) is 12.6. The Hall–Kier alpha value is -2.84. The molecule has 0 aliphatic heterocycles. The maximum atomic E-state index is 12.4. The lowest BCUT2D eigenvalue weighted by Gasteiger charge is -2.11. The Bertz CT molecular complexity index is 1100. The van der Waals surface area contributed by atoms with E-state index < -0.39 is 0 Å². The molecule has 1 fully saturated rings. The monoisotopic (exact) mass is 456 g/mol. The Balaban J connectivity index is 1.36. The van der Waals surface area contributed by atoms with Crippen LogP contribution in [0.3, 0.4) is 0 Å². The summed E-state index contributed by atoms with van der Waals surface area (Å²) in [6.45, 7) is 1.76. The quantitative estimate of drug-likeness (QED) is 0.368. The van der Waals surface area contributed by atoms with E-state index in [-0.39, 0.29) is 24.1 Å². The number of ketones is 1. The molecule has 1 aliphatic carbocycles. The lowest BCUT2D eigenvalue weighted by atomic mass is 10.1. The molecule has 0 unspecified atom stereocenters. The van der Waals surface area contributed by atoms with E-state index in [1.54, 1.807) is 30.3 Å². The lowest BCUT2D eigenvalue weighted by molar-refractivity contribution is -0.113. The summed E-state index contributed by atoms with van der Waals surface area (Å²) in [7, 11) is 0. The van der Waals surface area contributed by atoms with Gasteiger partial charge in [0.25, 0.3) is 0 Å². The fraction of sp³-hybridized carbons (Fsp3) is 0.273. The van der Waals surface area contributed by atoms with Gasteiger partial charge in [-0.25, -0.2) is 0 Å².